The second-order valence-electron chi connectivity index (χ2n) is 0.129. The molecule has 5 heavy (non-hydrogen) atoms. The summed E-state index contributed by atoms with van der Waals surface area (Å²) in [6, 6.07) is 0. The maximum absolute atomic E-state index is 7.10. The molecule has 0 aromatic carbocycles. The van der Waals surface area contributed by atoms with E-state index in [1.165, 1.54) is 6.19 Å². The Labute approximate surface area is 75.3 Å². The van der Waals surface area contributed by atoms with Crippen LogP contribution in [-0.2, 0) is 0 Å². The number of hydrogen-bond donors (Lipinski definition) is 1. The van der Waals surface area contributed by atoms with Gasteiger partial charge in [0, 0.05) is 59.1 Å². The number of rotatable bonds is 0. The molecule has 0 spiro atoms. The molecule has 0 aromatic heterocycles. The van der Waals surface area contributed by atoms with Crippen LogP contribution in [0.2, 0.25) is 0 Å². The predicted molar refractivity (Wildman–Crippen MR) is 21.3 cm³/mol. The van der Waals surface area contributed by atoms with Crippen LogP contribution >= 0.6 is 0 Å². The van der Waals surface area contributed by atoms with Crippen LogP contribution in [0.4, 0.5) is 0 Å². The van der Waals surface area contributed by atoms with E-state index in [9.17, 15) is 0 Å². The summed E-state index contributed by atoms with van der Waals surface area (Å²) in [6.07, 6.45) is 1.25. The molecule has 0 aliphatic heterocycles. The molecule has 2 radical (unpaired) electrons. The van der Waals surface area contributed by atoms with Crippen LogP contribution in [0.1, 0.15) is 0 Å². The standard InChI is InChI=1S/CH2N2.2Na/c2-1-3;;/h2H2;;. The van der Waals surface area contributed by atoms with Crippen molar-refractivity contribution < 1.29 is 0 Å². The quantitative estimate of drug-likeness (QED) is 0.226. The monoisotopic (exact) mass is 88.0 g/mol. The van der Waals surface area contributed by atoms with Crippen molar-refractivity contribution in [3.05, 3.63) is 0 Å². The van der Waals surface area contributed by atoms with E-state index in [0.29, 0.717) is 0 Å². The van der Waals surface area contributed by atoms with Crippen molar-refractivity contribution in [2.45, 2.75) is 0 Å². The fourth-order valence-electron chi connectivity index (χ4n) is 0. The van der Waals surface area contributed by atoms with Gasteiger partial charge in [-0.1, -0.05) is 0 Å². The second-order valence-corrected chi connectivity index (χ2v) is 0.129. The third-order valence-corrected chi connectivity index (χ3v) is 0. The molecule has 0 saturated heterocycles. The van der Waals surface area contributed by atoms with E-state index in [1.54, 1.807) is 0 Å². The molecule has 0 unspecified atom stereocenters. The fraction of sp³-hybridized carbons (Fsp3) is 0. The molecule has 0 saturated carbocycles. The van der Waals surface area contributed by atoms with Crippen LogP contribution in [0, 0.1) is 11.5 Å². The third kappa shape index (κ3) is 34.4. The van der Waals surface area contributed by atoms with Crippen LogP contribution in [-0.4, -0.2) is 59.1 Å². The maximum Gasteiger partial charge on any atom is 0.173 e. The Bertz CT molecular complexity index is 29.1. The van der Waals surface area contributed by atoms with Crippen LogP contribution in [0.15, 0.2) is 0 Å². The van der Waals surface area contributed by atoms with E-state index in [0.717, 1.165) is 0 Å². The molecule has 4 heteroatoms. The number of hydrogen-bond acceptors (Lipinski definition) is 2. The molecular weight excluding hydrogens is 86.0 g/mol. The van der Waals surface area contributed by atoms with Gasteiger partial charge in [0.1, 0.15) is 0 Å². The first-order valence-electron chi connectivity index (χ1n) is 0.512. The summed E-state index contributed by atoms with van der Waals surface area (Å²) in [7, 11) is 0. The third-order valence-electron chi connectivity index (χ3n) is 0. The Hall–Kier alpha value is 1.29. The second kappa shape index (κ2) is 18.6. The summed E-state index contributed by atoms with van der Waals surface area (Å²) in [5.74, 6) is 0. The molecule has 0 atom stereocenters. The van der Waals surface area contributed by atoms with Gasteiger partial charge in [-0.05, 0) is 0 Å². The average molecular weight is 88.0 g/mol. The summed E-state index contributed by atoms with van der Waals surface area (Å²) >= 11 is 0. The maximum atomic E-state index is 7.10. The smallest absolute Gasteiger partial charge is 0.173 e. The molecule has 0 fully saturated rings. The molecule has 0 aliphatic carbocycles. The molecule has 0 aliphatic rings. The number of nitriles is 1. The first-order chi connectivity index (χ1) is 1.41. The molecule has 0 bridgehead atoms. The minimum atomic E-state index is 0. The van der Waals surface area contributed by atoms with Crippen molar-refractivity contribution in [3.63, 3.8) is 0 Å². The SMILES string of the molecule is N#CN.[Na].[Na]. The van der Waals surface area contributed by atoms with Gasteiger partial charge in [-0.15, -0.1) is 0 Å². The Morgan fingerprint density at radius 2 is 1.40 bits per heavy atom. The van der Waals surface area contributed by atoms with Crippen molar-refractivity contribution in [2.24, 2.45) is 5.73 Å². The van der Waals surface area contributed by atoms with Gasteiger partial charge < -0.3 is 5.73 Å². The molecule has 2 N–H and O–H groups in total. The van der Waals surface area contributed by atoms with Crippen molar-refractivity contribution in [3.8, 4) is 6.19 Å². The van der Waals surface area contributed by atoms with Gasteiger partial charge in [0.15, 0.2) is 6.19 Å². The predicted octanol–water partition coefficient (Wildman–Crippen LogP) is -1.34. The van der Waals surface area contributed by atoms with Gasteiger partial charge in [0.25, 0.3) is 0 Å². The van der Waals surface area contributed by atoms with Gasteiger partial charge in [-0.3, -0.25) is 0 Å². The van der Waals surface area contributed by atoms with Gasteiger partial charge in [-0.2, -0.15) is 5.26 Å². The van der Waals surface area contributed by atoms with Gasteiger partial charge in [-0.25, -0.2) is 0 Å². The van der Waals surface area contributed by atoms with E-state index in [4.69, 9.17) is 5.26 Å². The van der Waals surface area contributed by atoms with Crippen molar-refractivity contribution in [1.82, 2.24) is 0 Å². The zero-order valence-corrected chi connectivity index (χ0v) is 7.52. The topological polar surface area (TPSA) is 49.8 Å². The molecule has 0 amide bonds. The average Bonchev–Trinajstić information content (AvgIpc) is 0.918. The normalized spacial score (nSPS) is 1.40. The molecule has 0 aromatic rings. The van der Waals surface area contributed by atoms with Crippen molar-refractivity contribution in [1.29, 1.82) is 5.26 Å². The van der Waals surface area contributed by atoms with E-state index >= 15 is 0 Å². The molecular formula is CH2N2Na2. The minimum Gasteiger partial charge on any atom is -0.337 e. The Morgan fingerprint density at radius 3 is 1.40 bits per heavy atom. The van der Waals surface area contributed by atoms with Crippen molar-refractivity contribution >= 4 is 59.1 Å². The van der Waals surface area contributed by atoms with Crippen LogP contribution in [0.3, 0.4) is 0 Å². The Morgan fingerprint density at radius 1 is 1.40 bits per heavy atom. The van der Waals surface area contributed by atoms with E-state index < -0.39 is 0 Å². The Kier molecular flexibility index (Phi) is 60.4. The Balaban J connectivity index is -0.0000000200. The number of nitrogens with zero attached hydrogens (tertiary/aromatic N) is 1. The van der Waals surface area contributed by atoms with Crippen LogP contribution < -0.4 is 5.73 Å². The summed E-state index contributed by atoms with van der Waals surface area (Å²) in [5, 5.41) is 7.10. The van der Waals surface area contributed by atoms with E-state index in [-0.39, 0.29) is 59.1 Å². The largest absolute Gasteiger partial charge is 0.337 e. The molecule has 18 valence electrons. The summed E-state index contributed by atoms with van der Waals surface area (Å²) in [6.45, 7) is 0. The van der Waals surface area contributed by atoms with Crippen LogP contribution in [0.5, 0.6) is 0 Å². The van der Waals surface area contributed by atoms with E-state index in [2.05, 4.69) is 5.73 Å². The summed E-state index contributed by atoms with van der Waals surface area (Å²) < 4.78 is 0. The van der Waals surface area contributed by atoms with Gasteiger partial charge in [0.2, 0.25) is 0 Å². The van der Waals surface area contributed by atoms with Crippen molar-refractivity contribution in [2.75, 3.05) is 0 Å². The first-order valence-corrected chi connectivity index (χ1v) is 0.512. The molecule has 0 rings (SSSR count). The zero-order valence-electron chi connectivity index (χ0n) is 3.52. The van der Waals surface area contributed by atoms with Gasteiger partial charge in [0.05, 0.1) is 0 Å². The zero-order chi connectivity index (χ0) is 2.71. The summed E-state index contributed by atoms with van der Waals surface area (Å²) in [4.78, 5) is 0. The summed E-state index contributed by atoms with van der Waals surface area (Å²) in [5.41, 5.74) is 4.15. The van der Waals surface area contributed by atoms with E-state index in [1.807, 2.05) is 0 Å². The van der Waals surface area contributed by atoms with Gasteiger partial charge >= 0.3 is 0 Å². The first kappa shape index (κ1) is 16.3. The minimum absolute atomic E-state index is 0. The molecule has 0 heterocycles. The fourth-order valence-corrected chi connectivity index (χ4v) is 0. The number of nitrogens with two attached hydrogens (primary N) is 1. The molecule has 2 nitrogen and oxygen atoms in total. The van der Waals surface area contributed by atoms with Crippen LogP contribution in [0.25, 0.3) is 0 Å².